The van der Waals surface area contributed by atoms with E-state index in [2.05, 4.69) is 37.3 Å². The lowest BCUT2D eigenvalue weighted by molar-refractivity contribution is 0.0872. The van der Waals surface area contributed by atoms with Crippen LogP contribution in [0, 0.1) is 0 Å². The minimum absolute atomic E-state index is 0.0175. The zero-order valence-corrected chi connectivity index (χ0v) is 16.1. The molecule has 0 unspecified atom stereocenters. The first kappa shape index (κ1) is 17.8. The Bertz CT molecular complexity index is 1140. The number of hydrogen-bond acceptors (Lipinski definition) is 7. The summed E-state index contributed by atoms with van der Waals surface area (Å²) in [5.41, 5.74) is 2.16. The van der Waals surface area contributed by atoms with E-state index in [1.54, 1.807) is 12.1 Å². The number of nitrogens with one attached hydrogen (secondary N) is 2. The fraction of sp³-hybridized carbons (Fsp3) is 0.300. The molecule has 2 aliphatic heterocycles. The summed E-state index contributed by atoms with van der Waals surface area (Å²) >= 11 is 0. The maximum atomic E-state index is 12.8. The number of nitrogens with zero attached hydrogens (tertiary/aromatic N) is 5. The number of pyridine rings is 1. The fourth-order valence-electron chi connectivity index (χ4n) is 3.78. The molecular weight excluding hydrogens is 370 g/mol. The number of ketones is 1. The van der Waals surface area contributed by atoms with Crippen LogP contribution in [0.3, 0.4) is 0 Å². The number of aromatic nitrogens is 4. The average molecular weight is 391 g/mol. The van der Waals surface area contributed by atoms with Gasteiger partial charge in [0.1, 0.15) is 11.5 Å². The van der Waals surface area contributed by atoms with Gasteiger partial charge in [0.25, 0.3) is 0 Å². The summed E-state index contributed by atoms with van der Waals surface area (Å²) < 4.78 is 1.52. The molecule has 0 bridgehead atoms. The summed E-state index contributed by atoms with van der Waals surface area (Å²) in [6.07, 6.45) is 0. The molecule has 29 heavy (non-hydrogen) atoms. The topological polar surface area (TPSA) is 99.1 Å². The highest BCUT2D eigenvalue weighted by Crippen LogP contribution is 2.35. The summed E-state index contributed by atoms with van der Waals surface area (Å²) in [6.45, 7) is 4.01. The lowest BCUT2D eigenvalue weighted by Crippen LogP contribution is -2.46. The summed E-state index contributed by atoms with van der Waals surface area (Å²) in [5.74, 6) is 0.962. The highest BCUT2D eigenvalue weighted by atomic mass is 16.1. The lowest BCUT2D eigenvalue weighted by atomic mass is 10.1. The van der Waals surface area contributed by atoms with Crippen LogP contribution in [-0.4, -0.2) is 75.1 Å². The van der Waals surface area contributed by atoms with Gasteiger partial charge in [-0.05, 0) is 31.3 Å². The number of carbonyl (C=O) groups excluding carboxylic acids is 1. The summed E-state index contributed by atoms with van der Waals surface area (Å²) in [6, 6.07) is 11.0. The first-order chi connectivity index (χ1) is 14.1. The van der Waals surface area contributed by atoms with Crippen LogP contribution >= 0.6 is 0 Å². The molecule has 3 aromatic rings. The molecule has 9 heteroatoms. The van der Waals surface area contributed by atoms with E-state index in [0.717, 1.165) is 31.9 Å². The number of H-pyrrole nitrogens is 1. The number of para-hydroxylation sites is 2. The molecule has 1 saturated heterocycles. The molecule has 2 aliphatic rings. The van der Waals surface area contributed by atoms with E-state index < -0.39 is 0 Å². The van der Waals surface area contributed by atoms with E-state index in [9.17, 15) is 9.59 Å². The molecule has 2 aromatic heterocycles. The maximum absolute atomic E-state index is 12.8. The van der Waals surface area contributed by atoms with Crippen molar-refractivity contribution in [2.45, 2.75) is 0 Å². The Hall–Kier alpha value is -3.30. The number of aromatic amines is 1. The fourth-order valence-corrected chi connectivity index (χ4v) is 3.78. The highest BCUT2D eigenvalue weighted by molar-refractivity contribution is 5.97. The van der Waals surface area contributed by atoms with Crippen molar-refractivity contribution in [2.24, 2.45) is 0 Å². The second kappa shape index (κ2) is 6.94. The first-order valence-electron chi connectivity index (χ1n) is 9.59. The van der Waals surface area contributed by atoms with Gasteiger partial charge in [0, 0.05) is 26.2 Å². The van der Waals surface area contributed by atoms with Gasteiger partial charge in [-0.3, -0.25) is 9.69 Å². The van der Waals surface area contributed by atoms with Crippen molar-refractivity contribution >= 4 is 17.3 Å². The van der Waals surface area contributed by atoms with Crippen molar-refractivity contribution in [1.82, 2.24) is 29.5 Å². The van der Waals surface area contributed by atoms with Gasteiger partial charge < -0.3 is 10.2 Å². The molecule has 0 aliphatic carbocycles. The van der Waals surface area contributed by atoms with Crippen LogP contribution < -0.4 is 11.0 Å². The molecule has 0 spiro atoms. The van der Waals surface area contributed by atoms with E-state index in [0.29, 0.717) is 35.1 Å². The second-order valence-corrected chi connectivity index (χ2v) is 7.43. The summed E-state index contributed by atoms with van der Waals surface area (Å²) in [5, 5.41) is 9.96. The molecule has 4 heterocycles. The zero-order chi connectivity index (χ0) is 20.0. The van der Waals surface area contributed by atoms with E-state index in [1.165, 1.54) is 4.57 Å². The van der Waals surface area contributed by atoms with Crippen LogP contribution in [0.2, 0.25) is 0 Å². The minimum Gasteiger partial charge on any atom is -0.338 e. The van der Waals surface area contributed by atoms with Crippen molar-refractivity contribution < 1.29 is 4.79 Å². The predicted molar refractivity (Wildman–Crippen MR) is 109 cm³/mol. The molecule has 0 atom stereocenters. The van der Waals surface area contributed by atoms with E-state index in [4.69, 9.17) is 0 Å². The third-order valence-corrected chi connectivity index (χ3v) is 5.46. The van der Waals surface area contributed by atoms with Crippen LogP contribution in [0.15, 0.2) is 41.2 Å². The van der Waals surface area contributed by atoms with Crippen molar-refractivity contribution in [3.05, 3.63) is 52.6 Å². The number of carbonyl (C=O) groups is 1. The molecule has 9 nitrogen and oxygen atoms in total. The Morgan fingerprint density at radius 1 is 1.10 bits per heavy atom. The van der Waals surface area contributed by atoms with Crippen molar-refractivity contribution in [1.29, 1.82) is 0 Å². The Morgan fingerprint density at radius 2 is 1.90 bits per heavy atom. The number of likely N-dealkylation sites (N-methyl/N-ethyl adjacent to an activating group) is 1. The van der Waals surface area contributed by atoms with Crippen LogP contribution in [0.5, 0.6) is 0 Å². The standard InChI is InChI=1S/C20H21N7O2/c1-25-8-10-26(11-9-25)12-17(28)15-7-6-13-18(22-15)21-14-4-2-3-5-16(14)27-19(13)23-24-20(27)29/h2-7H,8-12H2,1H3,(H,21,22)(H,24,29). The van der Waals surface area contributed by atoms with Gasteiger partial charge in [-0.15, -0.1) is 0 Å². The number of benzene rings is 1. The van der Waals surface area contributed by atoms with E-state index in [1.807, 2.05) is 24.3 Å². The molecule has 5 rings (SSSR count). The van der Waals surface area contributed by atoms with Crippen molar-refractivity contribution in [3.63, 3.8) is 0 Å². The average Bonchev–Trinajstić information content (AvgIpc) is 3.04. The molecule has 2 N–H and O–H groups in total. The third-order valence-electron chi connectivity index (χ3n) is 5.46. The van der Waals surface area contributed by atoms with Gasteiger partial charge in [0.15, 0.2) is 11.6 Å². The van der Waals surface area contributed by atoms with Gasteiger partial charge in [0.2, 0.25) is 0 Å². The summed E-state index contributed by atoms with van der Waals surface area (Å²) in [7, 11) is 2.09. The number of hydrogen-bond donors (Lipinski definition) is 2. The van der Waals surface area contributed by atoms with Gasteiger partial charge in [-0.2, -0.15) is 5.10 Å². The lowest BCUT2D eigenvalue weighted by Gasteiger charge is -2.31. The maximum Gasteiger partial charge on any atom is 0.348 e. The van der Waals surface area contributed by atoms with Crippen LogP contribution in [-0.2, 0) is 0 Å². The Labute approximate surface area is 167 Å². The Kier molecular flexibility index (Phi) is 4.26. The molecular formula is C20H21N7O2. The number of Topliss-reactive ketones (excluding diaryl/α,β-unsaturated/α-hetero) is 1. The van der Waals surface area contributed by atoms with Crippen LogP contribution in [0.25, 0.3) is 17.1 Å². The van der Waals surface area contributed by atoms with Gasteiger partial charge in [0.05, 0.1) is 23.5 Å². The van der Waals surface area contributed by atoms with Crippen molar-refractivity contribution in [3.8, 4) is 17.1 Å². The number of anilines is 2. The SMILES string of the molecule is CN1CCN(CC(=O)c2ccc3c(n2)Nc2ccccc2-n2c-3n[nH]c2=O)CC1. The molecule has 148 valence electrons. The quantitative estimate of drug-likeness (QED) is 0.505. The smallest absolute Gasteiger partial charge is 0.338 e. The van der Waals surface area contributed by atoms with Crippen LogP contribution in [0.4, 0.5) is 11.5 Å². The number of fused-ring (bicyclic) bond motifs is 5. The second-order valence-electron chi connectivity index (χ2n) is 7.43. The Morgan fingerprint density at radius 3 is 2.72 bits per heavy atom. The zero-order valence-electron chi connectivity index (χ0n) is 16.1. The molecule has 1 fully saturated rings. The van der Waals surface area contributed by atoms with Crippen LogP contribution in [0.1, 0.15) is 10.5 Å². The number of piperazine rings is 1. The Balaban J connectivity index is 1.50. The van der Waals surface area contributed by atoms with Crippen molar-refractivity contribution in [2.75, 3.05) is 45.1 Å². The number of rotatable bonds is 3. The highest BCUT2D eigenvalue weighted by Gasteiger charge is 2.25. The van der Waals surface area contributed by atoms with Gasteiger partial charge >= 0.3 is 5.69 Å². The normalized spacial score (nSPS) is 16.3. The third kappa shape index (κ3) is 3.14. The van der Waals surface area contributed by atoms with E-state index in [-0.39, 0.29) is 11.5 Å². The molecule has 0 radical (unpaired) electrons. The first-order valence-corrected chi connectivity index (χ1v) is 9.59. The minimum atomic E-state index is -0.322. The molecule has 0 saturated carbocycles. The predicted octanol–water partition coefficient (Wildman–Crippen LogP) is 1.11. The largest absolute Gasteiger partial charge is 0.348 e. The molecule has 0 amide bonds. The van der Waals surface area contributed by atoms with E-state index >= 15 is 0 Å². The van der Waals surface area contributed by atoms with Gasteiger partial charge in [-0.1, -0.05) is 12.1 Å². The monoisotopic (exact) mass is 391 g/mol. The van der Waals surface area contributed by atoms with Gasteiger partial charge in [-0.25, -0.2) is 19.4 Å². The molecule has 1 aromatic carbocycles. The summed E-state index contributed by atoms with van der Waals surface area (Å²) in [4.78, 5) is 34.2.